The maximum absolute atomic E-state index is 13.4. The van der Waals surface area contributed by atoms with Crippen LogP contribution in [0.15, 0.2) is 89.8 Å². The molecule has 0 unspecified atom stereocenters. The van der Waals surface area contributed by atoms with E-state index in [4.69, 9.17) is 21.7 Å². The lowest BCUT2D eigenvalue weighted by molar-refractivity contribution is -0.384. The Morgan fingerprint density at radius 3 is 2.58 bits per heavy atom. The number of thioether (sulfide) groups is 1. The Kier molecular flexibility index (Phi) is 7.39. The number of nitro groups is 1. The van der Waals surface area contributed by atoms with E-state index in [1.807, 2.05) is 55.5 Å². The van der Waals surface area contributed by atoms with Crippen LogP contribution in [0.3, 0.4) is 0 Å². The van der Waals surface area contributed by atoms with Crippen LogP contribution in [0.4, 0.5) is 11.4 Å². The van der Waals surface area contributed by atoms with Gasteiger partial charge in [-0.15, -0.1) is 0 Å². The first-order chi connectivity index (χ1) is 18.4. The molecule has 1 amide bonds. The third-order valence-electron chi connectivity index (χ3n) is 5.88. The van der Waals surface area contributed by atoms with E-state index in [0.717, 1.165) is 22.0 Å². The number of nitro benzene ring substituents is 1. The number of benzene rings is 4. The van der Waals surface area contributed by atoms with E-state index >= 15 is 0 Å². The van der Waals surface area contributed by atoms with Crippen LogP contribution in [0.5, 0.6) is 11.5 Å². The van der Waals surface area contributed by atoms with Gasteiger partial charge in [0.2, 0.25) is 0 Å². The number of amides is 1. The molecule has 38 heavy (non-hydrogen) atoms. The van der Waals surface area contributed by atoms with Crippen LogP contribution in [0.1, 0.15) is 18.1 Å². The van der Waals surface area contributed by atoms with E-state index in [1.165, 1.54) is 23.9 Å². The van der Waals surface area contributed by atoms with Crippen LogP contribution in [-0.2, 0) is 11.4 Å². The zero-order chi connectivity index (χ0) is 26.6. The number of thiocarbonyl (C=S) groups is 1. The third-order valence-corrected chi connectivity index (χ3v) is 7.18. The Balaban J connectivity index is 1.39. The Morgan fingerprint density at radius 1 is 0.974 bits per heavy atom. The Bertz CT molecular complexity index is 1600. The van der Waals surface area contributed by atoms with Crippen LogP contribution in [-0.4, -0.2) is 21.8 Å². The molecule has 1 saturated heterocycles. The smallest absolute Gasteiger partial charge is 0.270 e. The average Bonchev–Trinajstić information content (AvgIpc) is 3.20. The molecule has 0 saturated carbocycles. The van der Waals surface area contributed by atoms with E-state index < -0.39 is 4.92 Å². The summed E-state index contributed by atoms with van der Waals surface area (Å²) in [5, 5.41) is 13.0. The first kappa shape index (κ1) is 25.4. The van der Waals surface area contributed by atoms with Gasteiger partial charge >= 0.3 is 0 Å². The molecule has 0 aromatic heterocycles. The molecule has 0 spiro atoms. The zero-order valence-electron chi connectivity index (χ0n) is 20.3. The van der Waals surface area contributed by atoms with Crippen LogP contribution >= 0.6 is 24.0 Å². The van der Waals surface area contributed by atoms with Crippen molar-refractivity contribution in [1.82, 2.24) is 0 Å². The van der Waals surface area contributed by atoms with E-state index in [0.29, 0.717) is 32.9 Å². The summed E-state index contributed by atoms with van der Waals surface area (Å²) in [6, 6.07) is 25.4. The SMILES string of the molecule is CCOc1cc(/C=C2\SC(=S)N(c3cccc4ccccc34)C2=O)ccc1OCc1cccc([N+](=O)[O-])c1. The molecule has 4 aromatic rings. The number of fused-ring (bicyclic) bond motifs is 1. The second kappa shape index (κ2) is 11.0. The number of ether oxygens (including phenoxy) is 2. The summed E-state index contributed by atoms with van der Waals surface area (Å²) >= 11 is 6.85. The monoisotopic (exact) mass is 542 g/mol. The second-order valence-corrected chi connectivity index (χ2v) is 10.0. The summed E-state index contributed by atoms with van der Waals surface area (Å²) in [6.45, 7) is 2.43. The van der Waals surface area contributed by atoms with E-state index in [2.05, 4.69) is 0 Å². The number of hydrogen-bond acceptors (Lipinski definition) is 7. The van der Waals surface area contributed by atoms with Gasteiger partial charge in [-0.3, -0.25) is 19.8 Å². The van der Waals surface area contributed by atoms with Crippen molar-refractivity contribution in [2.24, 2.45) is 0 Å². The Hall–Kier alpha value is -4.21. The number of anilines is 1. The van der Waals surface area contributed by atoms with Gasteiger partial charge in [-0.25, -0.2) is 0 Å². The van der Waals surface area contributed by atoms with Crippen LogP contribution in [0.2, 0.25) is 0 Å². The van der Waals surface area contributed by atoms with Gasteiger partial charge in [0.1, 0.15) is 6.61 Å². The van der Waals surface area contributed by atoms with Gasteiger partial charge in [0.05, 0.1) is 22.1 Å². The number of nitrogens with zero attached hydrogens (tertiary/aromatic N) is 2. The predicted octanol–water partition coefficient (Wildman–Crippen LogP) is 7.13. The van der Waals surface area contributed by atoms with Crippen molar-refractivity contribution in [3.63, 3.8) is 0 Å². The highest BCUT2D eigenvalue weighted by Crippen LogP contribution is 2.39. The van der Waals surface area contributed by atoms with Gasteiger partial charge in [0.25, 0.3) is 11.6 Å². The molecule has 0 aliphatic carbocycles. The molecule has 1 aliphatic rings. The van der Waals surface area contributed by atoms with Crippen molar-refractivity contribution >= 4 is 62.4 Å². The van der Waals surface area contributed by atoms with Crippen molar-refractivity contribution in [3.05, 3.63) is 111 Å². The van der Waals surface area contributed by atoms with Crippen LogP contribution in [0.25, 0.3) is 16.8 Å². The Morgan fingerprint density at radius 2 is 1.76 bits per heavy atom. The fraction of sp³-hybridized carbons (Fsp3) is 0.103. The molecule has 4 aromatic carbocycles. The molecule has 0 N–H and O–H groups in total. The van der Waals surface area contributed by atoms with Crippen LogP contribution < -0.4 is 14.4 Å². The molecular weight excluding hydrogens is 520 g/mol. The van der Waals surface area contributed by atoms with Gasteiger partial charge in [0, 0.05) is 17.5 Å². The maximum atomic E-state index is 13.4. The normalized spacial score (nSPS) is 14.3. The maximum Gasteiger partial charge on any atom is 0.270 e. The number of rotatable bonds is 8. The summed E-state index contributed by atoms with van der Waals surface area (Å²) < 4.78 is 12.2. The molecule has 1 heterocycles. The minimum Gasteiger partial charge on any atom is -0.490 e. The summed E-state index contributed by atoms with van der Waals surface area (Å²) in [5.74, 6) is 0.829. The number of carbonyl (C=O) groups is 1. The minimum atomic E-state index is -0.438. The quantitative estimate of drug-likeness (QED) is 0.101. The molecule has 0 bridgehead atoms. The number of hydrogen-bond donors (Lipinski definition) is 0. The number of non-ortho nitro benzene ring substituents is 1. The molecule has 9 heteroatoms. The molecular formula is C29H22N2O5S2. The standard InChI is InChI=1S/C29H22N2O5S2/c1-2-35-26-16-19(13-14-25(26)36-18-20-7-5-10-22(15-20)31(33)34)17-27-28(32)30(29(37)38-27)24-12-6-9-21-8-3-4-11-23(21)24/h3-17H,2,18H2,1H3/b27-17-. The fourth-order valence-electron chi connectivity index (χ4n) is 4.15. The highest BCUT2D eigenvalue weighted by atomic mass is 32.2. The van der Waals surface area contributed by atoms with Crippen molar-refractivity contribution in [1.29, 1.82) is 0 Å². The highest BCUT2D eigenvalue weighted by Gasteiger charge is 2.34. The minimum absolute atomic E-state index is 0.00675. The van der Waals surface area contributed by atoms with Gasteiger partial charge in [-0.1, -0.05) is 78.6 Å². The van der Waals surface area contributed by atoms with Crippen molar-refractivity contribution in [2.75, 3.05) is 11.5 Å². The van der Waals surface area contributed by atoms with Gasteiger partial charge in [-0.05, 0) is 47.7 Å². The van der Waals surface area contributed by atoms with E-state index in [1.54, 1.807) is 35.2 Å². The molecule has 1 fully saturated rings. The summed E-state index contributed by atoms with van der Waals surface area (Å²) in [6.07, 6.45) is 1.79. The number of carbonyl (C=O) groups excluding carboxylic acids is 1. The molecule has 7 nitrogen and oxygen atoms in total. The van der Waals surface area contributed by atoms with E-state index in [-0.39, 0.29) is 18.2 Å². The van der Waals surface area contributed by atoms with Crippen molar-refractivity contribution in [3.8, 4) is 11.5 Å². The predicted molar refractivity (Wildman–Crippen MR) is 155 cm³/mol. The molecule has 1 aliphatic heterocycles. The first-order valence-corrected chi connectivity index (χ1v) is 13.1. The van der Waals surface area contributed by atoms with Gasteiger partial charge in [-0.2, -0.15) is 0 Å². The summed E-state index contributed by atoms with van der Waals surface area (Å²) in [7, 11) is 0. The molecule has 0 radical (unpaired) electrons. The average molecular weight is 543 g/mol. The second-order valence-electron chi connectivity index (χ2n) is 8.37. The van der Waals surface area contributed by atoms with E-state index in [9.17, 15) is 14.9 Å². The molecule has 190 valence electrons. The van der Waals surface area contributed by atoms with Crippen molar-refractivity contribution < 1.29 is 19.2 Å². The van der Waals surface area contributed by atoms with Gasteiger partial charge in [0.15, 0.2) is 15.8 Å². The Labute approximate surface area is 228 Å². The van der Waals surface area contributed by atoms with Crippen molar-refractivity contribution in [2.45, 2.75) is 13.5 Å². The lowest BCUT2D eigenvalue weighted by Crippen LogP contribution is -2.27. The van der Waals surface area contributed by atoms with Gasteiger partial charge < -0.3 is 9.47 Å². The summed E-state index contributed by atoms with van der Waals surface area (Å²) in [5.41, 5.74) is 2.19. The van der Waals surface area contributed by atoms with Crippen LogP contribution in [0, 0.1) is 10.1 Å². The third kappa shape index (κ3) is 5.25. The molecule has 0 atom stereocenters. The largest absolute Gasteiger partial charge is 0.490 e. The zero-order valence-corrected chi connectivity index (χ0v) is 22.0. The highest BCUT2D eigenvalue weighted by molar-refractivity contribution is 8.27. The topological polar surface area (TPSA) is 81.9 Å². The molecule has 5 rings (SSSR count). The summed E-state index contributed by atoms with van der Waals surface area (Å²) in [4.78, 5) is 26.1. The lowest BCUT2D eigenvalue weighted by atomic mass is 10.1. The lowest BCUT2D eigenvalue weighted by Gasteiger charge is -2.17. The first-order valence-electron chi connectivity index (χ1n) is 11.8. The fourth-order valence-corrected chi connectivity index (χ4v) is 5.44.